The zero-order valence-corrected chi connectivity index (χ0v) is 11.2. The van der Waals surface area contributed by atoms with Crippen molar-refractivity contribution in [3.63, 3.8) is 0 Å². The van der Waals surface area contributed by atoms with Crippen molar-refractivity contribution in [1.82, 2.24) is 9.78 Å². The highest BCUT2D eigenvalue weighted by molar-refractivity contribution is 9.10. The summed E-state index contributed by atoms with van der Waals surface area (Å²) in [6, 6.07) is 0. The average Bonchev–Trinajstić information content (AvgIpc) is 2.62. The van der Waals surface area contributed by atoms with Gasteiger partial charge in [0.15, 0.2) is 0 Å². The minimum atomic E-state index is -0.886. The maximum absolute atomic E-state index is 12.0. The molecule has 0 N–H and O–H groups in total. The molecule has 0 aromatic carbocycles. The van der Waals surface area contributed by atoms with Gasteiger partial charge in [-0.2, -0.15) is 5.10 Å². The van der Waals surface area contributed by atoms with Crippen LogP contribution in [0.2, 0.25) is 0 Å². The second kappa shape index (κ2) is 6.12. The number of nitrogens with zero attached hydrogens (tertiary/aromatic N) is 2. The van der Waals surface area contributed by atoms with Gasteiger partial charge in [0.2, 0.25) is 12.1 Å². The van der Waals surface area contributed by atoms with Gasteiger partial charge in [-0.15, -0.1) is 0 Å². The molecule has 1 heterocycles. The van der Waals surface area contributed by atoms with Crippen molar-refractivity contribution in [3.8, 4) is 0 Å². The topological polar surface area (TPSA) is 53.4 Å². The molecular weight excluding hydrogens is 276 g/mol. The Balaban J connectivity index is 3.01. The van der Waals surface area contributed by atoms with E-state index >= 15 is 0 Å². The lowest BCUT2D eigenvalue weighted by molar-refractivity contribution is -0.0747. The minimum Gasteiger partial charge on any atom is -0.349 e. The summed E-state index contributed by atoms with van der Waals surface area (Å²) in [5.41, 5.74) is 0.482. The van der Waals surface area contributed by atoms with E-state index in [2.05, 4.69) is 21.0 Å². The normalized spacial score (nSPS) is 11.1. The molecule has 0 aliphatic rings. The van der Waals surface area contributed by atoms with Crippen molar-refractivity contribution in [2.75, 3.05) is 14.2 Å². The Morgan fingerprint density at radius 2 is 2.19 bits per heavy atom. The molecule has 1 aromatic rings. The SMILES string of the molecule is CCCn1ncc(Br)c1C(=O)C(OC)OC. The molecule has 0 spiro atoms. The molecule has 0 amide bonds. The van der Waals surface area contributed by atoms with Crippen LogP contribution >= 0.6 is 15.9 Å². The predicted octanol–water partition coefficient (Wildman–Crippen LogP) is 1.86. The van der Waals surface area contributed by atoms with E-state index in [-0.39, 0.29) is 5.78 Å². The van der Waals surface area contributed by atoms with Gasteiger partial charge >= 0.3 is 0 Å². The zero-order chi connectivity index (χ0) is 12.1. The Hall–Kier alpha value is -0.720. The van der Waals surface area contributed by atoms with Gasteiger partial charge in [0, 0.05) is 20.8 Å². The summed E-state index contributed by atoms with van der Waals surface area (Å²) in [5, 5.41) is 4.12. The maximum Gasteiger partial charge on any atom is 0.237 e. The van der Waals surface area contributed by atoms with Crippen LogP contribution in [0.1, 0.15) is 23.8 Å². The molecule has 0 fully saturated rings. The molecule has 6 heteroatoms. The van der Waals surface area contributed by atoms with Crippen LogP contribution in [0.3, 0.4) is 0 Å². The lowest BCUT2D eigenvalue weighted by Gasteiger charge is -2.13. The second-order valence-electron chi connectivity index (χ2n) is 3.23. The van der Waals surface area contributed by atoms with Crippen molar-refractivity contribution in [3.05, 3.63) is 16.4 Å². The summed E-state index contributed by atoms with van der Waals surface area (Å²) in [6.07, 6.45) is 1.62. The maximum atomic E-state index is 12.0. The summed E-state index contributed by atoms with van der Waals surface area (Å²) < 4.78 is 12.2. The molecule has 0 aliphatic carbocycles. The number of aryl methyl sites for hydroxylation is 1. The second-order valence-corrected chi connectivity index (χ2v) is 4.09. The van der Waals surface area contributed by atoms with Gasteiger partial charge in [-0.25, -0.2) is 0 Å². The van der Waals surface area contributed by atoms with Gasteiger partial charge in [0.05, 0.1) is 10.7 Å². The van der Waals surface area contributed by atoms with Crippen LogP contribution < -0.4 is 0 Å². The summed E-state index contributed by atoms with van der Waals surface area (Å²) in [7, 11) is 2.86. The number of carbonyl (C=O) groups excluding carboxylic acids is 1. The van der Waals surface area contributed by atoms with Gasteiger partial charge in [-0.05, 0) is 22.4 Å². The first kappa shape index (κ1) is 13.3. The molecule has 0 unspecified atom stereocenters. The predicted molar refractivity (Wildman–Crippen MR) is 62.4 cm³/mol. The van der Waals surface area contributed by atoms with Crippen molar-refractivity contribution < 1.29 is 14.3 Å². The Morgan fingerprint density at radius 3 is 2.69 bits per heavy atom. The fourth-order valence-corrected chi connectivity index (χ4v) is 1.90. The van der Waals surface area contributed by atoms with Crippen LogP contribution in [0.4, 0.5) is 0 Å². The monoisotopic (exact) mass is 290 g/mol. The van der Waals surface area contributed by atoms with Gasteiger partial charge in [-0.1, -0.05) is 6.92 Å². The van der Waals surface area contributed by atoms with Crippen molar-refractivity contribution >= 4 is 21.7 Å². The summed E-state index contributed by atoms with van der Waals surface area (Å²) >= 11 is 3.30. The third-order valence-corrected chi connectivity index (χ3v) is 2.69. The smallest absolute Gasteiger partial charge is 0.237 e. The lowest BCUT2D eigenvalue weighted by atomic mass is 10.2. The molecule has 1 rings (SSSR count). The number of rotatable bonds is 6. The molecule has 90 valence electrons. The number of Topliss-reactive ketones (excluding diaryl/α,β-unsaturated/α-hetero) is 1. The van der Waals surface area contributed by atoms with Gasteiger partial charge in [0.1, 0.15) is 5.69 Å². The van der Waals surface area contributed by atoms with E-state index in [4.69, 9.17) is 9.47 Å². The van der Waals surface area contributed by atoms with Crippen LogP contribution in [0.5, 0.6) is 0 Å². The number of hydrogen-bond donors (Lipinski definition) is 0. The Labute approximate surface area is 103 Å². The molecule has 0 saturated heterocycles. The summed E-state index contributed by atoms with van der Waals surface area (Å²) in [6.45, 7) is 2.71. The van der Waals surface area contributed by atoms with E-state index in [1.165, 1.54) is 14.2 Å². The van der Waals surface area contributed by atoms with E-state index in [1.807, 2.05) is 6.92 Å². The van der Waals surface area contributed by atoms with Crippen LogP contribution in [0.25, 0.3) is 0 Å². The standard InChI is InChI=1S/C10H15BrN2O3/c1-4-5-13-8(7(11)6-12-13)9(14)10(15-2)16-3/h6,10H,4-5H2,1-3H3. The van der Waals surface area contributed by atoms with E-state index in [0.29, 0.717) is 16.7 Å². The summed E-state index contributed by atoms with van der Waals surface area (Å²) in [4.78, 5) is 12.0. The fraction of sp³-hybridized carbons (Fsp3) is 0.600. The Morgan fingerprint density at radius 1 is 1.56 bits per heavy atom. The molecule has 16 heavy (non-hydrogen) atoms. The van der Waals surface area contributed by atoms with Gasteiger partial charge in [0.25, 0.3) is 0 Å². The lowest BCUT2D eigenvalue weighted by Crippen LogP contribution is -2.27. The van der Waals surface area contributed by atoms with Crippen LogP contribution in [0, 0.1) is 0 Å². The highest BCUT2D eigenvalue weighted by atomic mass is 79.9. The van der Waals surface area contributed by atoms with E-state index in [9.17, 15) is 4.79 Å². The number of aromatic nitrogens is 2. The van der Waals surface area contributed by atoms with E-state index in [1.54, 1.807) is 10.9 Å². The molecule has 5 nitrogen and oxygen atoms in total. The molecule has 1 aromatic heterocycles. The number of ketones is 1. The van der Waals surface area contributed by atoms with Gasteiger partial charge in [-0.3, -0.25) is 9.48 Å². The highest BCUT2D eigenvalue weighted by Gasteiger charge is 2.25. The first-order valence-electron chi connectivity index (χ1n) is 4.96. The van der Waals surface area contributed by atoms with Crippen LogP contribution in [0.15, 0.2) is 10.7 Å². The number of ether oxygens (including phenoxy) is 2. The number of halogens is 1. The van der Waals surface area contributed by atoms with Crippen molar-refractivity contribution in [2.45, 2.75) is 26.2 Å². The Kier molecular flexibility index (Phi) is 5.11. The fourth-order valence-electron chi connectivity index (χ4n) is 1.41. The zero-order valence-electron chi connectivity index (χ0n) is 9.57. The number of hydrogen-bond acceptors (Lipinski definition) is 4. The van der Waals surface area contributed by atoms with E-state index < -0.39 is 6.29 Å². The minimum absolute atomic E-state index is 0.233. The summed E-state index contributed by atoms with van der Waals surface area (Å²) in [5.74, 6) is -0.233. The quantitative estimate of drug-likeness (QED) is 0.593. The average molecular weight is 291 g/mol. The largest absolute Gasteiger partial charge is 0.349 e. The highest BCUT2D eigenvalue weighted by Crippen LogP contribution is 2.19. The first-order chi connectivity index (χ1) is 7.65. The van der Waals surface area contributed by atoms with Crippen molar-refractivity contribution in [1.29, 1.82) is 0 Å². The third-order valence-electron chi connectivity index (χ3n) is 2.11. The van der Waals surface area contributed by atoms with Gasteiger partial charge < -0.3 is 9.47 Å². The van der Waals surface area contributed by atoms with Crippen molar-refractivity contribution in [2.24, 2.45) is 0 Å². The van der Waals surface area contributed by atoms with E-state index in [0.717, 1.165) is 6.42 Å². The molecule has 0 atom stereocenters. The number of carbonyl (C=O) groups is 1. The number of methoxy groups -OCH3 is 2. The van der Waals surface area contributed by atoms with Crippen LogP contribution in [-0.4, -0.2) is 36.1 Å². The first-order valence-corrected chi connectivity index (χ1v) is 5.76. The molecule has 0 radical (unpaired) electrons. The molecule has 0 aliphatic heterocycles. The Bertz CT molecular complexity index is 361. The molecular formula is C10H15BrN2O3. The third kappa shape index (κ3) is 2.69. The molecule has 0 saturated carbocycles. The van der Waals surface area contributed by atoms with Crippen LogP contribution in [-0.2, 0) is 16.0 Å². The molecule has 0 bridgehead atoms.